The lowest BCUT2D eigenvalue weighted by Crippen LogP contribution is -2.37. The first-order valence-corrected chi connectivity index (χ1v) is 14.0. The van der Waals surface area contributed by atoms with Gasteiger partial charge in [-0.25, -0.2) is 24.1 Å². The van der Waals surface area contributed by atoms with Gasteiger partial charge in [0.1, 0.15) is 42.4 Å². The molecule has 2 fully saturated rings. The second kappa shape index (κ2) is 11.4. The summed E-state index contributed by atoms with van der Waals surface area (Å²) in [6, 6.07) is 0. The van der Waals surface area contributed by atoms with Crippen LogP contribution in [0.5, 0.6) is 0 Å². The third-order valence-electron chi connectivity index (χ3n) is 5.62. The summed E-state index contributed by atoms with van der Waals surface area (Å²) in [5.41, 5.74) is 6.08. The second-order valence-corrected chi connectivity index (χ2v) is 11.4. The van der Waals surface area contributed by atoms with Crippen LogP contribution in [0, 0.1) is 0 Å². The van der Waals surface area contributed by atoms with E-state index in [2.05, 4.69) is 33.0 Å². The maximum Gasteiger partial charge on any atom is 0.481 e. The van der Waals surface area contributed by atoms with Crippen LogP contribution in [-0.2, 0) is 41.5 Å². The molecule has 4 heterocycles. The lowest BCUT2D eigenvalue weighted by Gasteiger charge is -2.20. The van der Waals surface area contributed by atoms with Crippen molar-refractivity contribution in [3.63, 3.8) is 0 Å². The van der Waals surface area contributed by atoms with E-state index in [0.717, 1.165) is 13.3 Å². The summed E-state index contributed by atoms with van der Waals surface area (Å²) in [4.78, 5) is 42.5. The number of aromatic nitrogens is 4. The molecule has 10 atom stereocenters. The quantitative estimate of drug-likeness (QED) is 0.107. The first-order chi connectivity index (χ1) is 18.2. The number of anilines is 1. The van der Waals surface area contributed by atoms with Crippen LogP contribution in [0.25, 0.3) is 11.2 Å². The van der Waals surface area contributed by atoms with Crippen molar-refractivity contribution in [2.45, 2.75) is 56.1 Å². The molecule has 39 heavy (non-hydrogen) atoms. The van der Waals surface area contributed by atoms with Crippen molar-refractivity contribution in [1.29, 1.82) is 0 Å². The first kappa shape index (κ1) is 29.8. The third-order valence-corrected chi connectivity index (χ3v) is 8.23. The average Bonchev–Trinajstić information content (AvgIpc) is 3.47. The van der Waals surface area contributed by atoms with Crippen molar-refractivity contribution < 1.29 is 71.7 Å². The lowest BCUT2D eigenvalue weighted by atomic mass is 10.1. The summed E-state index contributed by atoms with van der Waals surface area (Å²) < 4.78 is 54.1. The van der Waals surface area contributed by atoms with Crippen LogP contribution >= 0.6 is 15.6 Å². The predicted molar refractivity (Wildman–Crippen MR) is 121 cm³/mol. The molecule has 0 amide bonds. The molecule has 20 nitrogen and oxygen atoms in total. The van der Waals surface area contributed by atoms with Crippen LogP contribution in [0.3, 0.4) is 0 Å². The van der Waals surface area contributed by atoms with Gasteiger partial charge in [-0.15, -0.1) is 0 Å². The number of nitrogens with two attached hydrogens (primary N) is 1. The molecule has 2 aromatic heterocycles. The molecule has 0 aliphatic carbocycles. The van der Waals surface area contributed by atoms with Gasteiger partial charge in [0.05, 0.1) is 19.5 Å². The molecule has 218 valence electrons. The molecule has 6 unspecified atom stereocenters. The van der Waals surface area contributed by atoms with Crippen molar-refractivity contribution >= 4 is 38.6 Å². The van der Waals surface area contributed by atoms with Gasteiger partial charge in [-0.3, -0.25) is 18.4 Å². The van der Waals surface area contributed by atoms with Gasteiger partial charge in [-0.1, -0.05) is 0 Å². The van der Waals surface area contributed by atoms with E-state index in [1.807, 2.05) is 0 Å². The van der Waals surface area contributed by atoms with Gasteiger partial charge in [-0.2, -0.15) is 4.31 Å². The Morgan fingerprint density at radius 1 is 1.00 bits per heavy atom. The summed E-state index contributed by atoms with van der Waals surface area (Å²) >= 11 is 0. The van der Waals surface area contributed by atoms with E-state index in [4.69, 9.17) is 15.2 Å². The Bertz CT molecular complexity index is 1300. The number of aliphatic hydroxyl groups excluding tert-OH is 4. The van der Waals surface area contributed by atoms with Crippen molar-refractivity contribution in [1.82, 2.24) is 19.5 Å². The molecule has 2 aliphatic rings. The third kappa shape index (κ3) is 6.60. The molecule has 0 bridgehead atoms. The van der Waals surface area contributed by atoms with Gasteiger partial charge in [0, 0.05) is 6.92 Å². The van der Waals surface area contributed by atoms with Gasteiger partial charge >= 0.3 is 21.6 Å². The van der Waals surface area contributed by atoms with E-state index < -0.39 is 84.0 Å². The number of hydrogen-bond donors (Lipinski definition) is 7. The normalized spacial score (nSPS) is 34.1. The highest BCUT2D eigenvalue weighted by Gasteiger charge is 2.48. The zero-order valence-corrected chi connectivity index (χ0v) is 21.6. The number of nitrogen functional groups attached to an aromatic ring is 1. The van der Waals surface area contributed by atoms with E-state index >= 15 is 0 Å². The molecule has 4 rings (SSSR count). The summed E-state index contributed by atoms with van der Waals surface area (Å²) in [6.45, 7) is -0.818. The molecule has 0 aromatic carbocycles. The fourth-order valence-electron chi connectivity index (χ4n) is 3.84. The van der Waals surface area contributed by atoms with E-state index in [1.165, 1.54) is 10.9 Å². The smallest absolute Gasteiger partial charge is 0.454 e. The van der Waals surface area contributed by atoms with E-state index in [9.17, 15) is 44.1 Å². The Morgan fingerprint density at radius 3 is 2.23 bits per heavy atom. The zero-order chi connectivity index (χ0) is 28.7. The van der Waals surface area contributed by atoms with Crippen LogP contribution in [-0.4, -0.2) is 112 Å². The fourth-order valence-corrected chi connectivity index (χ4v) is 5.93. The Hall–Kier alpha value is -2.16. The number of esters is 1. The highest BCUT2D eigenvalue weighted by atomic mass is 31.3. The van der Waals surface area contributed by atoms with E-state index in [-0.39, 0.29) is 17.0 Å². The van der Waals surface area contributed by atoms with Crippen molar-refractivity contribution in [2.24, 2.45) is 0 Å². The maximum atomic E-state index is 12.3. The number of phosphoric acid groups is 2. The van der Waals surface area contributed by atoms with Crippen LogP contribution in [0.2, 0.25) is 0 Å². The molecule has 2 aliphatic heterocycles. The second-order valence-electron chi connectivity index (χ2n) is 8.37. The number of nitrogens with zero attached hydrogens (tertiary/aromatic N) is 4. The average molecular weight is 601 g/mol. The Morgan fingerprint density at radius 2 is 1.62 bits per heavy atom. The summed E-state index contributed by atoms with van der Waals surface area (Å²) in [7, 11) is -10.7. The minimum Gasteiger partial charge on any atom is -0.454 e. The highest BCUT2D eigenvalue weighted by Crippen LogP contribution is 2.60. The lowest BCUT2D eigenvalue weighted by molar-refractivity contribution is -0.170. The van der Waals surface area contributed by atoms with Crippen molar-refractivity contribution in [3.8, 4) is 0 Å². The maximum absolute atomic E-state index is 12.3. The van der Waals surface area contributed by atoms with E-state index in [1.54, 1.807) is 0 Å². The Kier molecular flexibility index (Phi) is 8.70. The van der Waals surface area contributed by atoms with Crippen LogP contribution in [0.15, 0.2) is 12.7 Å². The molecular formula is C17H25N5O15P2. The molecule has 0 spiro atoms. The predicted octanol–water partition coefficient (Wildman–Crippen LogP) is -2.71. The number of rotatable bonds is 10. The fraction of sp³-hybridized carbons (Fsp3) is 0.647. The Balaban J connectivity index is 1.32. The van der Waals surface area contributed by atoms with Gasteiger partial charge in [0.2, 0.25) is 0 Å². The molecule has 2 aromatic rings. The van der Waals surface area contributed by atoms with Gasteiger partial charge in [0.15, 0.2) is 30.1 Å². The Labute approximate surface area is 218 Å². The standard InChI is InChI=1S/C17H25N5O15P2/c1-6(23)34-13-11(25)8(36-17(13)27)3-33-39(30,31)37-38(28,29)32-2-7-10(24)12(26)16(35-7)22-5-21-9-14(18)19-4-20-15(9)22/h4-5,7-8,10-13,16-17,24-27H,2-3H2,1H3,(H,28,29)(H,30,31)(H2,18,19,20)/t7-,8+,10?,11?,12?,13-,16-,17?/m0/s1. The molecule has 8 N–H and O–H groups in total. The summed E-state index contributed by atoms with van der Waals surface area (Å²) in [5.74, 6) is -0.792. The zero-order valence-electron chi connectivity index (χ0n) is 19.8. The number of ether oxygens (including phenoxy) is 3. The number of hydrogen-bond acceptors (Lipinski definition) is 17. The van der Waals surface area contributed by atoms with Gasteiger partial charge in [0.25, 0.3) is 0 Å². The largest absolute Gasteiger partial charge is 0.481 e. The van der Waals surface area contributed by atoms with Crippen LogP contribution in [0.4, 0.5) is 5.82 Å². The number of carbonyl (C=O) groups excluding carboxylic acids is 1. The number of fused-ring (bicyclic) bond motifs is 1. The molecule has 22 heteroatoms. The number of imidazole rings is 1. The molecular weight excluding hydrogens is 576 g/mol. The SMILES string of the molecule is CC(=O)O[C@@H]1C(O)O[C@H](COP(=O)(O)OP(=O)(O)OC[C@@H]2O[C@H](n3cnc4c(N)ncnc43)C(O)C2O)C1O. The number of aliphatic hydroxyl groups is 4. The monoisotopic (exact) mass is 601 g/mol. The molecule has 0 radical (unpaired) electrons. The summed E-state index contributed by atoms with van der Waals surface area (Å²) in [6.07, 6.45) is -10.0. The topological polar surface area (TPSA) is 298 Å². The van der Waals surface area contributed by atoms with Gasteiger partial charge < -0.3 is 50.2 Å². The van der Waals surface area contributed by atoms with E-state index in [0.29, 0.717) is 0 Å². The molecule has 2 saturated heterocycles. The minimum absolute atomic E-state index is 0.0510. The number of phosphoric ester groups is 2. The number of carbonyl (C=O) groups is 1. The molecule has 0 saturated carbocycles. The minimum atomic E-state index is -5.35. The van der Waals surface area contributed by atoms with Crippen molar-refractivity contribution in [2.75, 3.05) is 18.9 Å². The first-order valence-electron chi connectivity index (χ1n) is 11.0. The van der Waals surface area contributed by atoms with Crippen molar-refractivity contribution in [3.05, 3.63) is 12.7 Å². The van der Waals surface area contributed by atoms with Gasteiger partial charge in [-0.05, 0) is 0 Å². The van der Waals surface area contributed by atoms with Crippen LogP contribution < -0.4 is 5.73 Å². The highest BCUT2D eigenvalue weighted by molar-refractivity contribution is 7.61. The van der Waals surface area contributed by atoms with Crippen LogP contribution in [0.1, 0.15) is 13.2 Å². The summed E-state index contributed by atoms with van der Waals surface area (Å²) in [5, 5.41) is 40.5.